The van der Waals surface area contributed by atoms with E-state index < -0.39 is 11.5 Å². The number of hydrogen-bond acceptors (Lipinski definition) is 2. The van der Waals surface area contributed by atoms with Crippen LogP contribution < -0.4 is 0 Å². The molecule has 6 heteroatoms. The van der Waals surface area contributed by atoms with Crippen LogP contribution in [0.1, 0.15) is 21.7 Å². The van der Waals surface area contributed by atoms with Gasteiger partial charge in [0.15, 0.2) is 5.50 Å². The predicted octanol–water partition coefficient (Wildman–Crippen LogP) is 5.33. The molecule has 0 saturated carbocycles. The van der Waals surface area contributed by atoms with E-state index in [2.05, 4.69) is 4.98 Å². The lowest BCUT2D eigenvalue weighted by atomic mass is 10.1. The van der Waals surface area contributed by atoms with Crippen LogP contribution in [0.4, 0.5) is 0 Å². The van der Waals surface area contributed by atoms with Crippen molar-refractivity contribution in [3.63, 3.8) is 0 Å². The summed E-state index contributed by atoms with van der Waals surface area (Å²) in [7, 11) is 0. The van der Waals surface area contributed by atoms with Crippen LogP contribution in [-0.2, 0) is 0 Å². The second-order valence-corrected chi connectivity index (χ2v) is 6.55. The van der Waals surface area contributed by atoms with Crippen molar-refractivity contribution in [2.45, 2.75) is 5.50 Å². The number of carboxylic acids is 1. The Kier molecular flexibility index (Phi) is 3.86. The summed E-state index contributed by atoms with van der Waals surface area (Å²) in [5.74, 6) is -1.03. The largest absolute Gasteiger partial charge is 0.477 e. The number of halogens is 2. The van der Waals surface area contributed by atoms with Gasteiger partial charge in [-0.3, -0.25) is 4.98 Å². The zero-order valence-corrected chi connectivity index (χ0v) is 14.4. The maximum absolute atomic E-state index is 11.7. The van der Waals surface area contributed by atoms with Gasteiger partial charge in [0.2, 0.25) is 0 Å². The van der Waals surface area contributed by atoms with Crippen LogP contribution in [0.25, 0.3) is 21.7 Å². The monoisotopic (exact) mass is 370 g/mol. The summed E-state index contributed by atoms with van der Waals surface area (Å²) in [6.45, 7) is 0. The van der Waals surface area contributed by atoms with E-state index in [9.17, 15) is 9.90 Å². The number of rotatable bonds is 3. The number of carbonyl (C=O) groups is 1. The van der Waals surface area contributed by atoms with E-state index in [4.69, 9.17) is 23.2 Å². The fourth-order valence-corrected chi connectivity index (χ4v) is 3.49. The highest BCUT2D eigenvalue weighted by atomic mass is 35.5. The Labute approximate surface area is 153 Å². The SMILES string of the molecule is O=C(O)c1cc2ccccc2n1C(Cl)c1cc2ccc(Cl)cc2cn1. The van der Waals surface area contributed by atoms with Crippen LogP contribution in [0.2, 0.25) is 5.02 Å². The molecule has 1 atom stereocenters. The van der Waals surface area contributed by atoms with Crippen molar-refractivity contribution < 1.29 is 9.90 Å². The lowest BCUT2D eigenvalue weighted by molar-refractivity contribution is 0.0686. The molecule has 1 unspecified atom stereocenters. The molecule has 2 aromatic carbocycles. The Morgan fingerprint density at radius 1 is 1.04 bits per heavy atom. The second kappa shape index (κ2) is 6.06. The average Bonchev–Trinajstić information content (AvgIpc) is 3.00. The smallest absolute Gasteiger partial charge is 0.352 e. The lowest BCUT2D eigenvalue weighted by Crippen LogP contribution is -2.13. The van der Waals surface area contributed by atoms with Gasteiger partial charge in [-0.1, -0.05) is 47.5 Å². The number of carboxylic acid groups (broad SMARTS) is 1. The van der Waals surface area contributed by atoms with Gasteiger partial charge < -0.3 is 9.67 Å². The third kappa shape index (κ3) is 2.73. The van der Waals surface area contributed by atoms with Crippen molar-refractivity contribution in [1.29, 1.82) is 0 Å². The number of benzene rings is 2. The van der Waals surface area contributed by atoms with Gasteiger partial charge in [-0.25, -0.2) is 4.79 Å². The van der Waals surface area contributed by atoms with Crippen molar-refractivity contribution in [3.05, 3.63) is 77.2 Å². The fraction of sp³-hybridized carbons (Fsp3) is 0.0526. The van der Waals surface area contributed by atoms with E-state index in [1.165, 1.54) is 0 Å². The van der Waals surface area contributed by atoms with E-state index in [-0.39, 0.29) is 5.69 Å². The van der Waals surface area contributed by atoms with Gasteiger partial charge in [0.05, 0.1) is 11.2 Å². The molecule has 4 nitrogen and oxygen atoms in total. The Bertz CT molecular complexity index is 1120. The van der Waals surface area contributed by atoms with E-state index in [0.29, 0.717) is 10.7 Å². The Morgan fingerprint density at radius 3 is 2.64 bits per heavy atom. The minimum absolute atomic E-state index is 0.124. The Morgan fingerprint density at radius 2 is 1.84 bits per heavy atom. The fourth-order valence-electron chi connectivity index (χ4n) is 2.98. The number of aromatic nitrogens is 2. The van der Waals surface area contributed by atoms with Crippen LogP contribution in [0.3, 0.4) is 0 Å². The minimum atomic E-state index is -1.03. The molecule has 0 bridgehead atoms. The summed E-state index contributed by atoms with van der Waals surface area (Å²) in [5.41, 5.74) is 0.698. The summed E-state index contributed by atoms with van der Waals surface area (Å²) in [5, 5.41) is 12.8. The summed E-state index contributed by atoms with van der Waals surface area (Å²) in [6, 6.07) is 16.4. The third-order valence-corrected chi connectivity index (χ3v) is 4.80. The van der Waals surface area contributed by atoms with Crippen molar-refractivity contribution in [2.24, 2.45) is 0 Å². The van der Waals surface area contributed by atoms with Crippen molar-refractivity contribution in [2.75, 3.05) is 0 Å². The van der Waals surface area contributed by atoms with Crippen LogP contribution in [-0.4, -0.2) is 20.6 Å². The number of aromatic carboxylic acids is 1. The molecule has 1 N–H and O–H groups in total. The highest BCUT2D eigenvalue weighted by Crippen LogP contribution is 2.31. The number of nitrogens with zero attached hydrogens (tertiary/aromatic N) is 2. The zero-order chi connectivity index (χ0) is 17.6. The van der Waals surface area contributed by atoms with Gasteiger partial charge in [-0.15, -0.1) is 0 Å². The van der Waals surface area contributed by atoms with E-state index in [1.807, 2.05) is 42.5 Å². The van der Waals surface area contributed by atoms with Gasteiger partial charge in [0.25, 0.3) is 0 Å². The summed E-state index contributed by atoms with van der Waals surface area (Å²) in [4.78, 5) is 16.1. The molecule has 0 aliphatic heterocycles. The van der Waals surface area contributed by atoms with Crippen LogP contribution in [0.5, 0.6) is 0 Å². The van der Waals surface area contributed by atoms with Gasteiger partial charge in [-0.05, 0) is 35.7 Å². The molecule has 25 heavy (non-hydrogen) atoms. The molecule has 2 heterocycles. The first-order chi connectivity index (χ1) is 12.0. The molecule has 0 fully saturated rings. The molecule has 4 rings (SSSR count). The maximum Gasteiger partial charge on any atom is 0.352 e. The third-order valence-electron chi connectivity index (χ3n) is 4.14. The van der Waals surface area contributed by atoms with Gasteiger partial charge in [-0.2, -0.15) is 0 Å². The summed E-state index contributed by atoms with van der Waals surface area (Å²) < 4.78 is 1.59. The van der Waals surface area contributed by atoms with Gasteiger partial charge in [0, 0.05) is 22.0 Å². The van der Waals surface area contributed by atoms with Crippen LogP contribution in [0, 0.1) is 0 Å². The average molecular weight is 371 g/mol. The molecular formula is C19H12Cl2N2O2. The molecule has 0 aliphatic carbocycles. The molecular weight excluding hydrogens is 359 g/mol. The molecule has 0 saturated heterocycles. The number of para-hydroxylation sites is 1. The Hall–Kier alpha value is -2.56. The highest BCUT2D eigenvalue weighted by molar-refractivity contribution is 6.31. The summed E-state index contributed by atoms with van der Waals surface area (Å²) >= 11 is 12.6. The molecule has 124 valence electrons. The van der Waals surface area contributed by atoms with Gasteiger partial charge >= 0.3 is 5.97 Å². The molecule has 2 aromatic heterocycles. The zero-order valence-electron chi connectivity index (χ0n) is 12.9. The molecule has 0 radical (unpaired) electrons. The number of hydrogen-bond donors (Lipinski definition) is 1. The molecule has 0 amide bonds. The van der Waals surface area contributed by atoms with E-state index >= 15 is 0 Å². The lowest BCUT2D eigenvalue weighted by Gasteiger charge is -2.15. The predicted molar refractivity (Wildman–Crippen MR) is 99.6 cm³/mol. The van der Waals surface area contributed by atoms with E-state index in [0.717, 1.165) is 21.7 Å². The minimum Gasteiger partial charge on any atom is -0.477 e. The number of pyridine rings is 1. The molecule has 0 aliphatic rings. The standard InChI is InChI=1S/C19H12Cl2N2O2/c20-14-6-5-11-8-15(22-10-13(11)7-14)18(21)23-16-4-2-1-3-12(16)9-17(23)19(24)25/h1-10,18H,(H,24,25). The van der Waals surface area contributed by atoms with Crippen molar-refractivity contribution in [3.8, 4) is 0 Å². The van der Waals surface area contributed by atoms with Crippen molar-refractivity contribution in [1.82, 2.24) is 9.55 Å². The number of fused-ring (bicyclic) bond motifs is 2. The number of alkyl halides is 1. The first-order valence-electron chi connectivity index (χ1n) is 7.57. The molecule has 4 aromatic rings. The van der Waals surface area contributed by atoms with Crippen molar-refractivity contribution >= 4 is 50.8 Å². The topological polar surface area (TPSA) is 55.1 Å². The first-order valence-corrected chi connectivity index (χ1v) is 8.38. The quantitative estimate of drug-likeness (QED) is 0.496. The normalized spacial score (nSPS) is 12.6. The first kappa shape index (κ1) is 15.9. The van der Waals surface area contributed by atoms with Gasteiger partial charge in [0.1, 0.15) is 5.69 Å². The molecule has 0 spiro atoms. The highest BCUT2D eigenvalue weighted by Gasteiger charge is 2.22. The maximum atomic E-state index is 11.7. The second-order valence-electron chi connectivity index (χ2n) is 5.70. The van der Waals surface area contributed by atoms with E-state index in [1.54, 1.807) is 22.9 Å². The summed E-state index contributed by atoms with van der Waals surface area (Å²) in [6.07, 6.45) is 1.69. The van der Waals surface area contributed by atoms with Crippen LogP contribution >= 0.6 is 23.2 Å². The van der Waals surface area contributed by atoms with Crippen LogP contribution in [0.15, 0.2) is 60.8 Å². The Balaban J connectivity index is 1.90.